The molecule has 0 atom stereocenters. The van der Waals surface area contributed by atoms with Gasteiger partial charge in [0.15, 0.2) is 0 Å². The highest BCUT2D eigenvalue weighted by Gasteiger charge is 2.57. The average molecular weight is 305 g/mol. The van der Waals surface area contributed by atoms with Crippen LogP contribution >= 0.6 is 0 Å². The molecule has 20 heavy (non-hydrogen) atoms. The lowest BCUT2D eigenvalue weighted by molar-refractivity contribution is -0.321. The van der Waals surface area contributed by atoms with Crippen LogP contribution in [-0.2, 0) is 4.74 Å². The number of anilines is 1. The van der Waals surface area contributed by atoms with E-state index in [2.05, 4.69) is 10.1 Å². The molecule has 0 saturated heterocycles. The Balaban J connectivity index is 2.46. The van der Waals surface area contributed by atoms with Gasteiger partial charge in [-0.15, -0.1) is 0 Å². The van der Waals surface area contributed by atoms with Gasteiger partial charge in [-0.1, -0.05) is 6.07 Å². The van der Waals surface area contributed by atoms with Crippen molar-refractivity contribution in [2.45, 2.75) is 18.5 Å². The third-order valence-corrected chi connectivity index (χ3v) is 2.13. The Kier molecular flexibility index (Phi) is 5.21. The maximum absolute atomic E-state index is 12.7. The summed E-state index contributed by atoms with van der Waals surface area (Å²) < 4.78 is 89.2. The molecule has 0 spiro atoms. The lowest BCUT2D eigenvalue weighted by Crippen LogP contribution is -2.45. The average Bonchev–Trinajstić information content (AvgIpc) is 2.25. The summed E-state index contributed by atoms with van der Waals surface area (Å²) in [6, 6.07) is 4.94. The molecule has 0 aliphatic rings. The van der Waals surface area contributed by atoms with E-state index in [1.54, 1.807) is 0 Å². The summed E-state index contributed by atoms with van der Waals surface area (Å²) in [5.41, 5.74) is 0.226. The maximum Gasteiger partial charge on any atom is 0.423 e. The normalized spacial score (nSPS) is 12.8. The van der Waals surface area contributed by atoms with Gasteiger partial charge in [0.25, 0.3) is 0 Å². The van der Waals surface area contributed by atoms with Crippen molar-refractivity contribution in [3.05, 3.63) is 30.1 Å². The summed E-state index contributed by atoms with van der Waals surface area (Å²) in [7, 11) is 0. The Bertz CT molecular complexity index is 416. The van der Waals surface area contributed by atoms with Crippen molar-refractivity contribution in [2.24, 2.45) is 0 Å². The number of halogens is 7. The van der Waals surface area contributed by atoms with Gasteiger partial charge in [-0.05, 0) is 18.2 Å². The van der Waals surface area contributed by atoms with Crippen molar-refractivity contribution < 1.29 is 35.5 Å². The summed E-state index contributed by atoms with van der Waals surface area (Å²) in [6.07, 6.45) is -14.9. The molecular weight excluding hydrogens is 295 g/mol. The van der Waals surface area contributed by atoms with Crippen molar-refractivity contribution >= 4 is 5.69 Å². The van der Waals surface area contributed by atoms with Crippen molar-refractivity contribution in [3.63, 3.8) is 0 Å². The summed E-state index contributed by atoms with van der Waals surface area (Å²) in [5, 5.41) is 2.44. The fourth-order valence-electron chi connectivity index (χ4n) is 1.35. The van der Waals surface area contributed by atoms with E-state index in [4.69, 9.17) is 0 Å². The number of alkyl halides is 6. The monoisotopic (exact) mass is 305 g/mol. The molecule has 0 saturated carbocycles. The second-order valence-corrected chi connectivity index (χ2v) is 3.77. The van der Waals surface area contributed by atoms with Gasteiger partial charge in [-0.25, -0.2) is 4.39 Å². The zero-order valence-electron chi connectivity index (χ0n) is 9.85. The van der Waals surface area contributed by atoms with E-state index in [-0.39, 0.29) is 12.2 Å². The third kappa shape index (κ3) is 5.24. The Labute approximate surface area is 109 Å². The van der Waals surface area contributed by atoms with E-state index in [1.807, 2.05) is 0 Å². The minimum absolute atomic E-state index is 0.226. The molecule has 1 rings (SSSR count). The van der Waals surface area contributed by atoms with Crippen LogP contribution in [0.2, 0.25) is 0 Å². The standard InChI is InChI=1S/C11H10F7NO/c12-7-2-1-3-8(6-7)19-4-5-20-9(10(13,14)15)11(16,17)18/h1-3,6,9,19H,4-5H2. The molecular formula is C11H10F7NO. The number of ether oxygens (including phenoxy) is 1. The first-order valence-corrected chi connectivity index (χ1v) is 5.35. The van der Waals surface area contributed by atoms with Gasteiger partial charge in [-0.2, -0.15) is 26.3 Å². The van der Waals surface area contributed by atoms with Crippen LogP contribution in [0.25, 0.3) is 0 Å². The first-order valence-electron chi connectivity index (χ1n) is 5.35. The van der Waals surface area contributed by atoms with E-state index in [0.29, 0.717) is 0 Å². The Morgan fingerprint density at radius 1 is 1.05 bits per heavy atom. The summed E-state index contributed by atoms with van der Waals surface area (Å²) >= 11 is 0. The van der Waals surface area contributed by atoms with E-state index in [9.17, 15) is 30.7 Å². The molecule has 1 aromatic carbocycles. The SMILES string of the molecule is Fc1cccc(NCCOC(C(F)(F)F)C(F)(F)F)c1. The van der Waals surface area contributed by atoms with Gasteiger partial charge >= 0.3 is 12.4 Å². The highest BCUT2D eigenvalue weighted by atomic mass is 19.4. The van der Waals surface area contributed by atoms with Crippen LogP contribution in [0.15, 0.2) is 24.3 Å². The first-order chi connectivity index (χ1) is 9.10. The Hall–Kier alpha value is -1.51. The minimum atomic E-state index is -5.53. The highest BCUT2D eigenvalue weighted by molar-refractivity contribution is 5.42. The van der Waals surface area contributed by atoms with E-state index < -0.39 is 30.9 Å². The lowest BCUT2D eigenvalue weighted by atomic mass is 10.3. The summed E-state index contributed by atoms with van der Waals surface area (Å²) in [5.74, 6) is -0.584. The van der Waals surface area contributed by atoms with E-state index in [0.717, 1.165) is 12.1 Å². The molecule has 0 fully saturated rings. The summed E-state index contributed by atoms with van der Waals surface area (Å²) in [4.78, 5) is 0. The van der Waals surface area contributed by atoms with Gasteiger partial charge < -0.3 is 10.1 Å². The molecule has 0 aliphatic carbocycles. The van der Waals surface area contributed by atoms with E-state index in [1.165, 1.54) is 12.1 Å². The molecule has 0 amide bonds. The number of rotatable bonds is 5. The number of nitrogens with one attached hydrogen (secondary N) is 1. The summed E-state index contributed by atoms with van der Waals surface area (Å²) in [6.45, 7) is -1.16. The van der Waals surface area contributed by atoms with Crippen molar-refractivity contribution in [1.82, 2.24) is 0 Å². The molecule has 1 aromatic rings. The second kappa shape index (κ2) is 6.29. The molecule has 9 heteroatoms. The smallest absolute Gasteiger partial charge is 0.383 e. The van der Waals surface area contributed by atoms with Gasteiger partial charge in [0.05, 0.1) is 6.61 Å². The minimum Gasteiger partial charge on any atom is -0.383 e. The molecule has 1 N–H and O–H groups in total. The van der Waals surface area contributed by atoms with Crippen molar-refractivity contribution in [3.8, 4) is 0 Å². The van der Waals surface area contributed by atoms with Crippen LogP contribution in [0.1, 0.15) is 0 Å². The number of benzene rings is 1. The molecule has 0 heterocycles. The second-order valence-electron chi connectivity index (χ2n) is 3.77. The molecule has 0 bridgehead atoms. The predicted molar refractivity (Wildman–Crippen MR) is 56.7 cm³/mol. The molecule has 0 aromatic heterocycles. The zero-order valence-corrected chi connectivity index (χ0v) is 9.85. The molecule has 114 valence electrons. The van der Waals surface area contributed by atoms with Crippen LogP contribution in [0.3, 0.4) is 0 Å². The van der Waals surface area contributed by atoms with Crippen LogP contribution in [0.4, 0.5) is 36.4 Å². The number of hydrogen-bond donors (Lipinski definition) is 1. The quantitative estimate of drug-likeness (QED) is 0.661. The highest BCUT2D eigenvalue weighted by Crippen LogP contribution is 2.35. The van der Waals surface area contributed by atoms with Gasteiger partial charge in [-0.3, -0.25) is 0 Å². The molecule has 0 aliphatic heterocycles. The maximum atomic E-state index is 12.7. The fraction of sp³-hybridized carbons (Fsp3) is 0.455. The van der Waals surface area contributed by atoms with Crippen molar-refractivity contribution in [1.29, 1.82) is 0 Å². The van der Waals surface area contributed by atoms with E-state index >= 15 is 0 Å². The third-order valence-electron chi connectivity index (χ3n) is 2.13. The van der Waals surface area contributed by atoms with Crippen LogP contribution in [-0.4, -0.2) is 31.6 Å². The van der Waals surface area contributed by atoms with Gasteiger partial charge in [0, 0.05) is 12.2 Å². The number of hydrogen-bond acceptors (Lipinski definition) is 2. The van der Waals surface area contributed by atoms with Crippen LogP contribution < -0.4 is 5.32 Å². The zero-order chi connectivity index (χ0) is 15.4. The predicted octanol–water partition coefficient (Wildman–Crippen LogP) is 3.75. The fourth-order valence-corrected chi connectivity index (χ4v) is 1.35. The molecule has 2 nitrogen and oxygen atoms in total. The van der Waals surface area contributed by atoms with Gasteiger partial charge in [0.1, 0.15) is 5.82 Å². The Morgan fingerprint density at radius 2 is 1.65 bits per heavy atom. The molecule has 0 radical (unpaired) electrons. The largest absolute Gasteiger partial charge is 0.423 e. The topological polar surface area (TPSA) is 21.3 Å². The lowest BCUT2D eigenvalue weighted by Gasteiger charge is -2.23. The van der Waals surface area contributed by atoms with Gasteiger partial charge in [0.2, 0.25) is 6.10 Å². The van der Waals surface area contributed by atoms with Crippen molar-refractivity contribution in [2.75, 3.05) is 18.5 Å². The Morgan fingerprint density at radius 3 is 2.15 bits per heavy atom. The first kappa shape index (κ1) is 16.5. The van der Waals surface area contributed by atoms with Crippen LogP contribution in [0.5, 0.6) is 0 Å². The van der Waals surface area contributed by atoms with Crippen LogP contribution in [0, 0.1) is 5.82 Å². The molecule has 0 unspecified atom stereocenters.